The molecule has 0 saturated heterocycles. The van der Waals surface area contributed by atoms with E-state index in [1.54, 1.807) is 0 Å². The molecule has 23 heavy (non-hydrogen) atoms. The lowest BCUT2D eigenvalue weighted by molar-refractivity contribution is 0.102. The summed E-state index contributed by atoms with van der Waals surface area (Å²) >= 11 is 0. The third-order valence-corrected chi connectivity index (χ3v) is 5.33. The van der Waals surface area contributed by atoms with E-state index < -0.39 is 0 Å². The van der Waals surface area contributed by atoms with Gasteiger partial charge in [-0.25, -0.2) is 0 Å². The van der Waals surface area contributed by atoms with Crippen molar-refractivity contribution in [2.24, 2.45) is 10.8 Å². The molecule has 2 heteroatoms. The highest BCUT2D eigenvalue weighted by Gasteiger charge is 2.36. The summed E-state index contributed by atoms with van der Waals surface area (Å²) in [5.74, 6) is 0. The highest BCUT2D eigenvalue weighted by Crippen LogP contribution is 2.41. The van der Waals surface area contributed by atoms with Crippen LogP contribution in [-0.4, -0.2) is 23.5 Å². The molecule has 0 bridgehead atoms. The Balaban J connectivity index is 2.28. The molecule has 2 aliphatic carbocycles. The molecule has 2 aliphatic rings. The van der Waals surface area contributed by atoms with E-state index in [1.807, 2.05) is 0 Å². The molecule has 0 aromatic carbocycles. The quantitative estimate of drug-likeness (QED) is 0.643. The van der Waals surface area contributed by atoms with Crippen molar-refractivity contribution in [3.05, 3.63) is 23.3 Å². The van der Waals surface area contributed by atoms with Crippen molar-refractivity contribution in [1.29, 1.82) is 5.26 Å². The van der Waals surface area contributed by atoms with Crippen LogP contribution in [0.25, 0.3) is 0 Å². The topological polar surface area (TPSA) is 27.0 Å². The summed E-state index contributed by atoms with van der Waals surface area (Å²) in [5, 5.41) is 9.11. The van der Waals surface area contributed by atoms with E-state index in [9.17, 15) is 0 Å². The first kappa shape index (κ1) is 18.3. The van der Waals surface area contributed by atoms with Crippen LogP contribution in [0.2, 0.25) is 0 Å². The molecule has 0 aliphatic heterocycles. The van der Waals surface area contributed by atoms with Crippen LogP contribution in [0.5, 0.6) is 0 Å². The summed E-state index contributed by atoms with van der Waals surface area (Å²) in [4.78, 5) is 2.61. The first-order valence-electron chi connectivity index (χ1n) is 9.09. The Morgan fingerprint density at radius 2 is 1.43 bits per heavy atom. The highest BCUT2D eigenvalue weighted by molar-refractivity contribution is 5.18. The monoisotopic (exact) mass is 314 g/mol. The average molecular weight is 315 g/mol. The van der Waals surface area contributed by atoms with Gasteiger partial charge in [0.25, 0.3) is 0 Å². The van der Waals surface area contributed by atoms with E-state index in [4.69, 9.17) is 5.26 Å². The number of allylic oxidation sites excluding steroid dienone is 2. The molecule has 128 valence electrons. The number of hydrogen-bond acceptors (Lipinski definition) is 2. The van der Waals surface area contributed by atoms with Crippen molar-refractivity contribution in [3.8, 4) is 6.07 Å². The van der Waals surface area contributed by atoms with Gasteiger partial charge in [-0.05, 0) is 50.4 Å². The molecule has 2 nitrogen and oxygen atoms in total. The van der Waals surface area contributed by atoms with Crippen molar-refractivity contribution in [1.82, 2.24) is 4.90 Å². The maximum absolute atomic E-state index is 9.11. The molecule has 2 unspecified atom stereocenters. The third-order valence-electron chi connectivity index (χ3n) is 5.33. The van der Waals surface area contributed by atoms with Crippen LogP contribution in [-0.2, 0) is 0 Å². The molecule has 0 aromatic heterocycles. The summed E-state index contributed by atoms with van der Waals surface area (Å²) in [7, 11) is 0. The van der Waals surface area contributed by atoms with Gasteiger partial charge in [0.05, 0.1) is 6.07 Å². The van der Waals surface area contributed by atoms with Crippen LogP contribution >= 0.6 is 0 Å². The largest absolute Gasteiger partial charge is 0.289 e. The lowest BCUT2D eigenvalue weighted by Crippen LogP contribution is -2.48. The molecule has 0 saturated carbocycles. The molecule has 0 amide bonds. The average Bonchev–Trinajstić information content (AvgIpc) is 2.34. The third kappa shape index (κ3) is 4.95. The SMILES string of the molecule is CC1=CC(N(CCC#N)C2C=C(C)CC(C)(C)C2)CC(C)(C)C1. The van der Waals surface area contributed by atoms with Gasteiger partial charge in [-0.1, -0.05) is 51.0 Å². The van der Waals surface area contributed by atoms with Crippen LogP contribution in [0.15, 0.2) is 23.3 Å². The molecule has 0 radical (unpaired) electrons. The second-order valence-corrected chi connectivity index (χ2v) is 9.40. The number of nitriles is 1. The van der Waals surface area contributed by atoms with Crippen molar-refractivity contribution in [3.63, 3.8) is 0 Å². The van der Waals surface area contributed by atoms with E-state index in [1.165, 1.54) is 36.8 Å². The molecule has 0 spiro atoms. The fourth-order valence-electron chi connectivity index (χ4n) is 4.86. The molecule has 2 atom stereocenters. The van der Waals surface area contributed by atoms with Gasteiger partial charge < -0.3 is 0 Å². The Bertz CT molecular complexity index is 491. The van der Waals surface area contributed by atoms with E-state index in [-0.39, 0.29) is 0 Å². The Morgan fingerprint density at radius 3 is 1.78 bits per heavy atom. The highest BCUT2D eigenvalue weighted by atomic mass is 15.2. The number of nitrogens with zero attached hydrogens (tertiary/aromatic N) is 2. The van der Waals surface area contributed by atoms with E-state index in [0.29, 0.717) is 29.3 Å². The maximum atomic E-state index is 9.11. The number of rotatable bonds is 4. The zero-order valence-electron chi connectivity index (χ0n) is 15.9. The Morgan fingerprint density at radius 1 is 1.00 bits per heavy atom. The van der Waals surface area contributed by atoms with Crippen LogP contribution in [0.4, 0.5) is 0 Å². The summed E-state index contributed by atoms with van der Waals surface area (Å²) in [6.45, 7) is 14.9. The van der Waals surface area contributed by atoms with Gasteiger partial charge in [0, 0.05) is 25.0 Å². The van der Waals surface area contributed by atoms with Crippen molar-refractivity contribution in [2.45, 2.75) is 85.7 Å². The van der Waals surface area contributed by atoms with Crippen molar-refractivity contribution < 1.29 is 0 Å². The standard InChI is InChI=1S/C21H34N2/c1-16-10-18(14-20(3,4)12-16)23(9-7-8-22)19-11-17(2)13-21(5,6)15-19/h10-11,18-19H,7,9,12-15H2,1-6H3. The Labute approximate surface area is 143 Å². The van der Waals surface area contributed by atoms with Crippen LogP contribution in [0.1, 0.15) is 73.6 Å². The van der Waals surface area contributed by atoms with Crippen LogP contribution in [0, 0.1) is 22.2 Å². The zero-order valence-corrected chi connectivity index (χ0v) is 15.9. The summed E-state index contributed by atoms with van der Waals surface area (Å²) in [5.41, 5.74) is 3.72. The molecular weight excluding hydrogens is 280 g/mol. The second-order valence-electron chi connectivity index (χ2n) is 9.40. The second kappa shape index (κ2) is 6.81. The predicted molar refractivity (Wildman–Crippen MR) is 98.1 cm³/mol. The van der Waals surface area contributed by atoms with Crippen LogP contribution < -0.4 is 0 Å². The first-order valence-corrected chi connectivity index (χ1v) is 9.09. The molecule has 0 fully saturated rings. The molecular formula is C21H34N2. The van der Waals surface area contributed by atoms with Crippen molar-refractivity contribution >= 4 is 0 Å². The zero-order chi connectivity index (χ0) is 17.3. The lowest BCUT2D eigenvalue weighted by atomic mass is 9.72. The molecule has 0 N–H and O–H groups in total. The minimum atomic E-state index is 0.358. The summed E-state index contributed by atoms with van der Waals surface area (Å²) < 4.78 is 0. The Kier molecular flexibility index (Phi) is 5.41. The smallest absolute Gasteiger partial charge is 0.0635 e. The Hall–Kier alpha value is -1.07. The van der Waals surface area contributed by atoms with Gasteiger partial charge >= 0.3 is 0 Å². The normalized spacial score (nSPS) is 29.7. The number of hydrogen-bond donors (Lipinski definition) is 0. The van der Waals surface area contributed by atoms with E-state index in [0.717, 1.165) is 6.54 Å². The lowest BCUT2D eigenvalue weighted by Gasteiger charge is -2.46. The van der Waals surface area contributed by atoms with Crippen LogP contribution in [0.3, 0.4) is 0 Å². The van der Waals surface area contributed by atoms with Gasteiger partial charge in [-0.2, -0.15) is 5.26 Å². The molecule has 0 aromatic rings. The first-order chi connectivity index (χ1) is 10.6. The van der Waals surface area contributed by atoms with Gasteiger partial charge in [-0.3, -0.25) is 4.90 Å². The van der Waals surface area contributed by atoms with Gasteiger partial charge in [0.1, 0.15) is 0 Å². The predicted octanol–water partition coefficient (Wildman–Crippen LogP) is 5.47. The molecule has 0 heterocycles. The summed E-state index contributed by atoms with van der Waals surface area (Å²) in [6.07, 6.45) is 10.3. The van der Waals surface area contributed by atoms with Gasteiger partial charge in [0.15, 0.2) is 0 Å². The van der Waals surface area contributed by atoms with Gasteiger partial charge in [0.2, 0.25) is 0 Å². The fourth-order valence-corrected chi connectivity index (χ4v) is 4.86. The minimum Gasteiger partial charge on any atom is -0.289 e. The minimum absolute atomic E-state index is 0.358. The van der Waals surface area contributed by atoms with Crippen molar-refractivity contribution in [2.75, 3.05) is 6.54 Å². The maximum Gasteiger partial charge on any atom is 0.0635 e. The van der Waals surface area contributed by atoms with E-state index >= 15 is 0 Å². The fraction of sp³-hybridized carbons (Fsp3) is 0.762. The summed E-state index contributed by atoms with van der Waals surface area (Å²) in [6, 6.07) is 3.29. The molecule has 2 rings (SSSR count). The van der Waals surface area contributed by atoms with E-state index in [2.05, 4.69) is 64.7 Å². The van der Waals surface area contributed by atoms with Gasteiger partial charge in [-0.15, -0.1) is 0 Å².